The fourth-order valence-corrected chi connectivity index (χ4v) is 1.92. The van der Waals surface area contributed by atoms with E-state index in [1.165, 1.54) is 0 Å². The Morgan fingerprint density at radius 2 is 2.50 bits per heavy atom. The topological polar surface area (TPSA) is 38.8 Å². The normalized spacial score (nSPS) is 22.4. The molecule has 1 aliphatic heterocycles. The third-order valence-corrected chi connectivity index (χ3v) is 2.90. The Balaban J connectivity index is 2.41. The fraction of sp³-hybridized carbons (Fsp3) is 0.889. The molecule has 0 aromatic rings. The van der Waals surface area contributed by atoms with Crippen molar-refractivity contribution in [2.24, 2.45) is 0 Å². The van der Waals surface area contributed by atoms with Crippen molar-refractivity contribution in [3.05, 3.63) is 0 Å². The number of carbonyl (C=O) groups is 1. The highest BCUT2D eigenvalue weighted by Gasteiger charge is 2.25. The first-order valence-corrected chi connectivity index (χ1v) is 5.92. The summed E-state index contributed by atoms with van der Waals surface area (Å²) >= 11 is 3.37. The van der Waals surface area contributed by atoms with Crippen molar-refractivity contribution in [1.29, 1.82) is 0 Å². The van der Waals surface area contributed by atoms with Crippen molar-refractivity contribution < 1.29 is 14.3 Å². The lowest BCUT2D eigenvalue weighted by Crippen LogP contribution is -2.50. The van der Waals surface area contributed by atoms with Gasteiger partial charge in [0.2, 0.25) is 5.91 Å². The van der Waals surface area contributed by atoms with Crippen LogP contribution in [-0.4, -0.2) is 55.2 Å². The van der Waals surface area contributed by atoms with E-state index in [1.54, 1.807) is 0 Å². The molecule has 0 radical (unpaired) electrons. The molecule has 1 amide bonds. The average molecular weight is 266 g/mol. The van der Waals surface area contributed by atoms with E-state index in [2.05, 4.69) is 15.9 Å². The molecule has 14 heavy (non-hydrogen) atoms. The second-order valence-electron chi connectivity index (χ2n) is 3.11. The maximum atomic E-state index is 11.7. The number of hydrogen-bond acceptors (Lipinski definition) is 3. The summed E-state index contributed by atoms with van der Waals surface area (Å²) in [4.78, 5) is 13.5. The summed E-state index contributed by atoms with van der Waals surface area (Å²) in [7, 11) is 0. The first-order valence-electron chi connectivity index (χ1n) is 4.80. The molecule has 82 valence electrons. The first kappa shape index (κ1) is 11.9. The Kier molecular flexibility index (Phi) is 5.44. The van der Waals surface area contributed by atoms with Crippen LogP contribution in [0.15, 0.2) is 0 Å². The molecule has 1 rings (SSSR count). The van der Waals surface area contributed by atoms with Gasteiger partial charge >= 0.3 is 0 Å². The molecule has 1 atom stereocenters. The van der Waals surface area contributed by atoms with Gasteiger partial charge in [-0.1, -0.05) is 15.9 Å². The van der Waals surface area contributed by atoms with E-state index in [1.807, 2.05) is 11.8 Å². The Morgan fingerprint density at radius 3 is 3.14 bits per heavy atom. The van der Waals surface area contributed by atoms with E-state index >= 15 is 0 Å². The van der Waals surface area contributed by atoms with Crippen LogP contribution in [0.5, 0.6) is 0 Å². The Labute approximate surface area is 92.7 Å². The molecule has 0 aromatic carbocycles. The quantitative estimate of drug-likeness (QED) is 0.701. The molecule has 0 aliphatic carbocycles. The van der Waals surface area contributed by atoms with Gasteiger partial charge in [0.15, 0.2) is 0 Å². The minimum Gasteiger partial charge on any atom is -0.377 e. The Bertz CT molecular complexity index is 189. The number of alkyl halides is 1. The van der Waals surface area contributed by atoms with Crippen LogP contribution >= 0.6 is 15.9 Å². The Hall–Kier alpha value is -0.130. The maximum Gasteiger partial charge on any atom is 0.249 e. The van der Waals surface area contributed by atoms with Crippen molar-refractivity contribution in [3.8, 4) is 0 Å². The minimum atomic E-state index is 0.0552. The molecule has 1 heterocycles. The van der Waals surface area contributed by atoms with E-state index in [4.69, 9.17) is 9.47 Å². The van der Waals surface area contributed by atoms with Crippen molar-refractivity contribution in [2.75, 3.05) is 38.3 Å². The van der Waals surface area contributed by atoms with Crippen molar-refractivity contribution >= 4 is 21.8 Å². The molecule has 1 unspecified atom stereocenters. The molecular formula is C9H16BrNO3. The lowest BCUT2D eigenvalue weighted by molar-refractivity contribution is -0.143. The van der Waals surface area contributed by atoms with Gasteiger partial charge in [0.1, 0.15) is 6.61 Å². The van der Waals surface area contributed by atoms with Gasteiger partial charge in [0.25, 0.3) is 0 Å². The number of amides is 1. The second-order valence-corrected chi connectivity index (χ2v) is 3.75. The number of ether oxygens (including phenoxy) is 2. The van der Waals surface area contributed by atoms with Crippen molar-refractivity contribution in [2.45, 2.75) is 13.0 Å². The van der Waals surface area contributed by atoms with Crippen LogP contribution in [-0.2, 0) is 14.3 Å². The molecule has 0 aromatic heterocycles. The smallest absolute Gasteiger partial charge is 0.249 e. The van der Waals surface area contributed by atoms with E-state index < -0.39 is 0 Å². The number of morpholine rings is 1. The predicted molar refractivity (Wildman–Crippen MR) is 56.6 cm³/mol. The van der Waals surface area contributed by atoms with Gasteiger partial charge in [-0.15, -0.1) is 0 Å². The van der Waals surface area contributed by atoms with Crippen molar-refractivity contribution in [1.82, 2.24) is 4.90 Å². The number of nitrogens with zero attached hydrogens (tertiary/aromatic N) is 1. The SMILES string of the molecule is CCOCC(=O)N1CCOCC1CBr. The van der Waals surface area contributed by atoms with E-state index in [0.717, 1.165) is 5.33 Å². The largest absolute Gasteiger partial charge is 0.377 e. The molecule has 0 spiro atoms. The average Bonchev–Trinajstić information content (AvgIpc) is 2.25. The zero-order valence-corrected chi connectivity index (χ0v) is 9.96. The third-order valence-electron chi connectivity index (χ3n) is 2.16. The molecule has 0 N–H and O–H groups in total. The zero-order chi connectivity index (χ0) is 10.4. The number of carbonyl (C=O) groups excluding carboxylic acids is 1. The van der Waals surface area contributed by atoms with Gasteiger partial charge in [-0.25, -0.2) is 0 Å². The molecule has 4 nitrogen and oxygen atoms in total. The van der Waals surface area contributed by atoms with E-state index in [0.29, 0.717) is 26.4 Å². The summed E-state index contributed by atoms with van der Waals surface area (Å²) in [6, 6.07) is 0.150. The van der Waals surface area contributed by atoms with E-state index in [-0.39, 0.29) is 18.6 Å². The van der Waals surface area contributed by atoms with Crippen LogP contribution in [0, 0.1) is 0 Å². The van der Waals surface area contributed by atoms with Gasteiger partial charge in [-0.3, -0.25) is 4.79 Å². The molecule has 0 saturated carbocycles. The lowest BCUT2D eigenvalue weighted by Gasteiger charge is -2.34. The highest BCUT2D eigenvalue weighted by molar-refractivity contribution is 9.09. The molecular weight excluding hydrogens is 250 g/mol. The molecule has 5 heteroatoms. The molecule has 0 bridgehead atoms. The van der Waals surface area contributed by atoms with Crippen molar-refractivity contribution in [3.63, 3.8) is 0 Å². The summed E-state index contributed by atoms with van der Waals surface area (Å²) in [5, 5.41) is 0.755. The van der Waals surface area contributed by atoms with E-state index in [9.17, 15) is 4.79 Å². The van der Waals surface area contributed by atoms with Gasteiger partial charge in [-0.05, 0) is 6.92 Å². The number of halogens is 1. The van der Waals surface area contributed by atoms with Gasteiger partial charge in [-0.2, -0.15) is 0 Å². The van der Waals surface area contributed by atoms with Crippen LogP contribution in [0.3, 0.4) is 0 Å². The minimum absolute atomic E-state index is 0.0552. The standard InChI is InChI=1S/C9H16BrNO3/c1-2-13-7-9(12)11-3-4-14-6-8(11)5-10/h8H,2-7H2,1H3. The van der Waals surface area contributed by atoms with Gasteiger partial charge in [0.05, 0.1) is 19.3 Å². The highest BCUT2D eigenvalue weighted by Crippen LogP contribution is 2.09. The van der Waals surface area contributed by atoms with Crippen LogP contribution in [0.1, 0.15) is 6.92 Å². The molecule has 1 saturated heterocycles. The predicted octanol–water partition coefficient (Wildman–Crippen LogP) is 0.645. The lowest BCUT2D eigenvalue weighted by atomic mass is 10.2. The Morgan fingerprint density at radius 1 is 1.71 bits per heavy atom. The van der Waals surface area contributed by atoms with Crippen LogP contribution in [0.4, 0.5) is 0 Å². The monoisotopic (exact) mass is 265 g/mol. The number of rotatable bonds is 4. The second kappa shape index (κ2) is 6.37. The summed E-state index contributed by atoms with van der Waals surface area (Å²) < 4.78 is 10.4. The molecule has 1 fully saturated rings. The maximum absolute atomic E-state index is 11.7. The van der Waals surface area contributed by atoms with Gasteiger partial charge < -0.3 is 14.4 Å². The summed E-state index contributed by atoms with van der Waals surface area (Å²) in [6.45, 7) is 4.55. The first-order chi connectivity index (χ1) is 6.79. The third kappa shape index (κ3) is 3.22. The van der Waals surface area contributed by atoms with Crippen LogP contribution in [0.2, 0.25) is 0 Å². The summed E-state index contributed by atoms with van der Waals surface area (Å²) in [6.07, 6.45) is 0. The summed E-state index contributed by atoms with van der Waals surface area (Å²) in [5.41, 5.74) is 0. The number of hydrogen-bond donors (Lipinski definition) is 0. The highest BCUT2D eigenvalue weighted by atomic mass is 79.9. The zero-order valence-electron chi connectivity index (χ0n) is 8.37. The summed E-state index contributed by atoms with van der Waals surface area (Å²) in [5.74, 6) is 0.0552. The fourth-order valence-electron chi connectivity index (χ4n) is 1.38. The van der Waals surface area contributed by atoms with Crippen LogP contribution < -0.4 is 0 Å². The molecule has 1 aliphatic rings. The van der Waals surface area contributed by atoms with Crippen LogP contribution in [0.25, 0.3) is 0 Å². The van der Waals surface area contributed by atoms with Gasteiger partial charge in [0, 0.05) is 18.5 Å².